The molecule has 0 aromatic heterocycles. The van der Waals surface area contributed by atoms with Gasteiger partial charge in [-0.05, 0) is 24.9 Å². The van der Waals surface area contributed by atoms with Gasteiger partial charge in [0.2, 0.25) is 9.04 Å². The van der Waals surface area contributed by atoms with Gasteiger partial charge in [0.05, 0.1) is 0 Å². The van der Waals surface area contributed by atoms with E-state index >= 15 is 0 Å². The van der Waals surface area contributed by atoms with Crippen LogP contribution < -0.4 is 0 Å². The third-order valence-electron chi connectivity index (χ3n) is 1.71. The second kappa shape index (κ2) is 4.26. The molecule has 0 aliphatic rings. The van der Waals surface area contributed by atoms with Crippen molar-refractivity contribution in [3.05, 3.63) is 0 Å². The quantitative estimate of drug-likeness (QED) is 0.596. The van der Waals surface area contributed by atoms with Crippen LogP contribution in [0.5, 0.6) is 0 Å². The standard InChI is InChI=1S/C9H21OSi/c1-7-8(9(2,3)4)10-11(5)6/h8H,7H2,1-6H3. The molecule has 1 nitrogen and oxygen atoms in total. The Hall–Kier alpha value is 0.177. The van der Waals surface area contributed by atoms with Crippen molar-refractivity contribution in [1.82, 2.24) is 0 Å². The first-order valence-corrected chi connectivity index (χ1v) is 6.75. The highest BCUT2D eigenvalue weighted by molar-refractivity contribution is 6.48. The Morgan fingerprint density at radius 1 is 1.27 bits per heavy atom. The molecule has 2 heteroatoms. The molecule has 0 rings (SSSR count). The summed E-state index contributed by atoms with van der Waals surface area (Å²) in [6.45, 7) is 13.3. The van der Waals surface area contributed by atoms with E-state index in [0.717, 1.165) is 6.42 Å². The van der Waals surface area contributed by atoms with Crippen molar-refractivity contribution in [3.63, 3.8) is 0 Å². The Morgan fingerprint density at radius 3 is 1.82 bits per heavy atom. The number of hydrogen-bond donors (Lipinski definition) is 0. The first-order valence-electron chi connectivity index (χ1n) is 4.34. The Labute approximate surface area is 72.9 Å². The van der Waals surface area contributed by atoms with Gasteiger partial charge in [0, 0.05) is 6.10 Å². The average molecular weight is 173 g/mol. The Balaban J connectivity index is 3.96. The molecule has 1 unspecified atom stereocenters. The molecule has 0 aliphatic heterocycles. The fourth-order valence-electron chi connectivity index (χ4n) is 1.16. The van der Waals surface area contributed by atoms with Gasteiger partial charge in [-0.15, -0.1) is 0 Å². The summed E-state index contributed by atoms with van der Waals surface area (Å²) in [5, 5.41) is 0. The molecule has 1 radical (unpaired) electrons. The Morgan fingerprint density at radius 2 is 1.73 bits per heavy atom. The predicted molar refractivity (Wildman–Crippen MR) is 52.1 cm³/mol. The second-order valence-corrected chi connectivity index (χ2v) is 6.34. The molecule has 0 saturated carbocycles. The molecular formula is C9H21OSi. The van der Waals surface area contributed by atoms with Gasteiger partial charge in [-0.25, -0.2) is 0 Å². The molecule has 1 atom stereocenters. The van der Waals surface area contributed by atoms with E-state index in [1.165, 1.54) is 0 Å². The lowest BCUT2D eigenvalue weighted by Crippen LogP contribution is -2.32. The van der Waals surface area contributed by atoms with Gasteiger partial charge < -0.3 is 4.43 Å². The average Bonchev–Trinajstić information content (AvgIpc) is 1.79. The maximum absolute atomic E-state index is 5.87. The minimum Gasteiger partial charge on any atom is -0.414 e. The lowest BCUT2D eigenvalue weighted by atomic mass is 9.88. The number of hydrogen-bond acceptors (Lipinski definition) is 1. The molecule has 0 aromatic rings. The fourth-order valence-corrected chi connectivity index (χ4v) is 2.25. The summed E-state index contributed by atoms with van der Waals surface area (Å²) in [5.74, 6) is 0. The molecule has 11 heavy (non-hydrogen) atoms. The summed E-state index contributed by atoms with van der Waals surface area (Å²) >= 11 is 0. The van der Waals surface area contributed by atoms with Gasteiger partial charge >= 0.3 is 0 Å². The van der Waals surface area contributed by atoms with Crippen molar-refractivity contribution in [2.45, 2.75) is 53.3 Å². The van der Waals surface area contributed by atoms with E-state index in [0.29, 0.717) is 11.5 Å². The normalized spacial score (nSPS) is 15.5. The van der Waals surface area contributed by atoms with E-state index in [2.05, 4.69) is 40.8 Å². The van der Waals surface area contributed by atoms with Crippen LogP contribution in [0.15, 0.2) is 0 Å². The highest BCUT2D eigenvalue weighted by Gasteiger charge is 2.24. The van der Waals surface area contributed by atoms with Gasteiger partial charge in [0.25, 0.3) is 0 Å². The smallest absolute Gasteiger partial charge is 0.205 e. The van der Waals surface area contributed by atoms with Crippen molar-refractivity contribution in [2.75, 3.05) is 0 Å². The van der Waals surface area contributed by atoms with Gasteiger partial charge in [0.1, 0.15) is 0 Å². The highest BCUT2D eigenvalue weighted by Crippen LogP contribution is 2.24. The van der Waals surface area contributed by atoms with E-state index in [-0.39, 0.29) is 0 Å². The fraction of sp³-hybridized carbons (Fsp3) is 1.00. The van der Waals surface area contributed by atoms with Crippen LogP contribution in [0, 0.1) is 5.41 Å². The zero-order chi connectivity index (χ0) is 9.07. The first-order chi connectivity index (χ1) is 4.88. The molecule has 0 aliphatic carbocycles. The minimum atomic E-state index is -0.528. The third kappa shape index (κ3) is 4.59. The maximum atomic E-state index is 5.87. The van der Waals surface area contributed by atoms with Crippen LogP contribution in [0.25, 0.3) is 0 Å². The summed E-state index contributed by atoms with van der Waals surface area (Å²) in [7, 11) is -0.528. The van der Waals surface area contributed by atoms with Crippen molar-refractivity contribution in [3.8, 4) is 0 Å². The highest BCUT2D eigenvalue weighted by atomic mass is 28.3. The van der Waals surface area contributed by atoms with E-state index in [1.54, 1.807) is 0 Å². The zero-order valence-electron chi connectivity index (χ0n) is 8.69. The van der Waals surface area contributed by atoms with Crippen molar-refractivity contribution in [1.29, 1.82) is 0 Å². The van der Waals surface area contributed by atoms with Crippen LogP contribution in [0.4, 0.5) is 0 Å². The van der Waals surface area contributed by atoms with Gasteiger partial charge in [-0.3, -0.25) is 0 Å². The predicted octanol–water partition coefficient (Wildman–Crippen LogP) is 3.08. The maximum Gasteiger partial charge on any atom is 0.205 e. The molecule has 0 heterocycles. The SMILES string of the molecule is CCC(O[Si](C)C)C(C)(C)C. The lowest BCUT2D eigenvalue weighted by molar-refractivity contribution is 0.0831. The zero-order valence-corrected chi connectivity index (χ0v) is 9.69. The van der Waals surface area contributed by atoms with Crippen molar-refractivity contribution < 1.29 is 4.43 Å². The van der Waals surface area contributed by atoms with Crippen LogP contribution in [0.2, 0.25) is 13.1 Å². The summed E-state index contributed by atoms with van der Waals surface area (Å²) < 4.78 is 5.87. The molecule has 0 N–H and O–H groups in total. The van der Waals surface area contributed by atoms with E-state index in [1.807, 2.05) is 0 Å². The molecule has 0 amide bonds. The Kier molecular flexibility index (Phi) is 4.33. The molecule has 0 spiro atoms. The van der Waals surface area contributed by atoms with Crippen molar-refractivity contribution in [2.24, 2.45) is 5.41 Å². The van der Waals surface area contributed by atoms with E-state index < -0.39 is 9.04 Å². The van der Waals surface area contributed by atoms with Crippen LogP contribution in [-0.4, -0.2) is 15.1 Å². The monoisotopic (exact) mass is 173 g/mol. The first kappa shape index (κ1) is 11.2. The lowest BCUT2D eigenvalue weighted by Gasteiger charge is -2.31. The third-order valence-corrected chi connectivity index (χ3v) is 2.47. The number of rotatable bonds is 3. The van der Waals surface area contributed by atoms with Crippen LogP contribution in [-0.2, 0) is 4.43 Å². The molecule has 0 bridgehead atoms. The topological polar surface area (TPSA) is 9.23 Å². The summed E-state index contributed by atoms with van der Waals surface area (Å²) in [6, 6.07) is 0. The van der Waals surface area contributed by atoms with Crippen LogP contribution in [0.3, 0.4) is 0 Å². The van der Waals surface area contributed by atoms with Gasteiger partial charge in [0.15, 0.2) is 0 Å². The van der Waals surface area contributed by atoms with Gasteiger partial charge in [-0.2, -0.15) is 0 Å². The second-order valence-electron chi connectivity index (χ2n) is 4.29. The molecule has 67 valence electrons. The Bertz CT molecular complexity index is 105. The molecule has 0 saturated heterocycles. The molecular weight excluding hydrogens is 152 g/mol. The minimum absolute atomic E-state index is 0.302. The van der Waals surface area contributed by atoms with Crippen LogP contribution in [0.1, 0.15) is 34.1 Å². The van der Waals surface area contributed by atoms with E-state index in [4.69, 9.17) is 4.43 Å². The van der Waals surface area contributed by atoms with Crippen molar-refractivity contribution >= 4 is 9.04 Å². The van der Waals surface area contributed by atoms with E-state index in [9.17, 15) is 0 Å². The molecule has 0 fully saturated rings. The summed E-state index contributed by atoms with van der Waals surface area (Å²) in [5.41, 5.74) is 0.302. The summed E-state index contributed by atoms with van der Waals surface area (Å²) in [6.07, 6.45) is 1.56. The molecule has 0 aromatic carbocycles. The largest absolute Gasteiger partial charge is 0.414 e. The van der Waals surface area contributed by atoms with Gasteiger partial charge in [-0.1, -0.05) is 27.7 Å². The summed E-state index contributed by atoms with van der Waals surface area (Å²) in [4.78, 5) is 0. The van der Waals surface area contributed by atoms with Crippen LogP contribution >= 0.6 is 0 Å².